The second-order valence-electron chi connectivity index (χ2n) is 5.05. The van der Waals surface area contributed by atoms with Crippen LogP contribution >= 0.6 is 23.1 Å². The van der Waals surface area contributed by atoms with E-state index in [1.165, 1.54) is 23.1 Å². The van der Waals surface area contributed by atoms with Crippen LogP contribution in [-0.4, -0.2) is 37.0 Å². The van der Waals surface area contributed by atoms with Gasteiger partial charge in [0.1, 0.15) is 15.8 Å². The molecule has 0 spiro atoms. The molecule has 2 N–H and O–H groups in total. The van der Waals surface area contributed by atoms with Gasteiger partial charge in [0.15, 0.2) is 6.04 Å². The van der Waals surface area contributed by atoms with Gasteiger partial charge in [0.2, 0.25) is 0 Å². The van der Waals surface area contributed by atoms with Gasteiger partial charge in [-0.25, -0.2) is 9.78 Å². The summed E-state index contributed by atoms with van der Waals surface area (Å²) < 4.78 is 0.376. The lowest BCUT2D eigenvalue weighted by molar-refractivity contribution is -0.138. The standard InChI is InChI=1S/C13H12N2O3S2/c1-13(2)9(12(17)18)15-11(20-13)10-14-7-4-3-6(16)5-8(7)19-10/h3-5,9,16H,1-2H3,(H,17,18)/t9-/m1/s1. The highest BCUT2D eigenvalue weighted by Crippen LogP contribution is 2.41. The van der Waals surface area contributed by atoms with Crippen molar-refractivity contribution in [1.82, 2.24) is 4.98 Å². The molecule has 0 aliphatic carbocycles. The molecule has 3 rings (SSSR count). The average molecular weight is 308 g/mol. The number of fused-ring (bicyclic) bond motifs is 1. The Bertz CT molecular complexity index is 736. The van der Waals surface area contributed by atoms with Gasteiger partial charge in [0.05, 0.1) is 10.2 Å². The molecule has 0 bridgehead atoms. The maximum absolute atomic E-state index is 11.2. The Kier molecular flexibility index (Phi) is 2.98. The molecule has 1 aromatic carbocycles. The van der Waals surface area contributed by atoms with Gasteiger partial charge in [-0.15, -0.1) is 11.3 Å². The van der Waals surface area contributed by atoms with Gasteiger partial charge in [-0.1, -0.05) is 11.8 Å². The number of thioether (sulfide) groups is 1. The number of carboxylic acids is 1. The fourth-order valence-electron chi connectivity index (χ4n) is 2.06. The van der Waals surface area contributed by atoms with Crippen LogP contribution in [0.4, 0.5) is 0 Å². The van der Waals surface area contributed by atoms with Crippen LogP contribution in [0.1, 0.15) is 18.9 Å². The minimum atomic E-state index is -0.920. The number of hydrogen-bond donors (Lipinski definition) is 2. The highest BCUT2D eigenvalue weighted by molar-refractivity contribution is 8.16. The predicted octanol–water partition coefficient (Wildman–Crippen LogP) is 2.73. The van der Waals surface area contributed by atoms with Gasteiger partial charge < -0.3 is 10.2 Å². The fraction of sp³-hybridized carbons (Fsp3) is 0.308. The molecule has 0 saturated heterocycles. The summed E-state index contributed by atoms with van der Waals surface area (Å²) in [5.41, 5.74) is 0.780. The topological polar surface area (TPSA) is 82.8 Å². The van der Waals surface area contributed by atoms with E-state index in [0.29, 0.717) is 10.1 Å². The van der Waals surface area contributed by atoms with Crippen molar-refractivity contribution < 1.29 is 15.0 Å². The number of aliphatic imine (C=N–C) groups is 1. The van der Waals surface area contributed by atoms with Crippen molar-refractivity contribution >= 4 is 44.3 Å². The predicted molar refractivity (Wildman–Crippen MR) is 80.9 cm³/mol. The highest BCUT2D eigenvalue weighted by atomic mass is 32.2. The third-order valence-electron chi connectivity index (χ3n) is 3.05. The molecule has 1 atom stereocenters. The number of hydrogen-bond acceptors (Lipinski definition) is 6. The van der Waals surface area contributed by atoms with Crippen LogP contribution in [0.15, 0.2) is 23.2 Å². The molecule has 0 amide bonds. The number of aromatic hydroxyl groups is 1. The molecule has 5 nitrogen and oxygen atoms in total. The van der Waals surface area contributed by atoms with Crippen LogP contribution in [0.3, 0.4) is 0 Å². The Morgan fingerprint density at radius 1 is 1.40 bits per heavy atom. The number of phenols is 1. The summed E-state index contributed by atoms with van der Waals surface area (Å²) in [5, 5.41) is 20.0. The summed E-state index contributed by atoms with van der Waals surface area (Å²) in [5.74, 6) is -0.728. The number of aromatic nitrogens is 1. The van der Waals surface area contributed by atoms with Gasteiger partial charge >= 0.3 is 5.97 Å². The number of carbonyl (C=O) groups is 1. The van der Waals surface area contributed by atoms with Gasteiger partial charge in [-0.2, -0.15) is 0 Å². The molecule has 1 aliphatic heterocycles. The van der Waals surface area contributed by atoms with E-state index in [1.807, 2.05) is 13.8 Å². The zero-order valence-corrected chi connectivity index (χ0v) is 12.5. The maximum atomic E-state index is 11.2. The van der Waals surface area contributed by atoms with Crippen LogP contribution < -0.4 is 0 Å². The van der Waals surface area contributed by atoms with Crippen molar-refractivity contribution in [2.24, 2.45) is 4.99 Å². The number of phenolic OH excluding ortho intramolecular Hbond substituents is 1. The molecule has 0 radical (unpaired) electrons. The summed E-state index contributed by atoms with van der Waals surface area (Å²) in [4.78, 5) is 20.0. The van der Waals surface area contributed by atoms with E-state index in [2.05, 4.69) is 9.98 Å². The smallest absolute Gasteiger partial charge is 0.329 e. The van der Waals surface area contributed by atoms with Crippen LogP contribution in [0.5, 0.6) is 5.75 Å². The normalized spacial score (nSPS) is 21.1. The molecule has 7 heteroatoms. The number of rotatable bonds is 2. The van der Waals surface area contributed by atoms with Gasteiger partial charge in [-0.05, 0) is 32.0 Å². The molecule has 0 fully saturated rings. The first-order valence-electron chi connectivity index (χ1n) is 5.96. The van der Waals surface area contributed by atoms with Crippen molar-refractivity contribution in [2.45, 2.75) is 24.6 Å². The summed E-state index contributed by atoms with van der Waals surface area (Å²) in [7, 11) is 0. The van der Waals surface area contributed by atoms with Crippen molar-refractivity contribution in [3.05, 3.63) is 23.2 Å². The lowest BCUT2D eigenvalue weighted by Gasteiger charge is -2.19. The number of carboxylic acid groups (broad SMARTS) is 1. The summed E-state index contributed by atoms with van der Waals surface area (Å²) in [6.45, 7) is 3.73. The zero-order chi connectivity index (χ0) is 14.5. The SMILES string of the molecule is CC1(C)SC(c2nc3ccc(O)cc3s2)=N[C@@H]1C(=O)O. The van der Waals surface area contributed by atoms with Crippen molar-refractivity contribution in [2.75, 3.05) is 0 Å². The third-order valence-corrected chi connectivity index (χ3v) is 5.45. The number of benzene rings is 1. The summed E-state index contributed by atoms with van der Waals surface area (Å²) in [6, 6.07) is 4.21. The Morgan fingerprint density at radius 3 is 2.80 bits per heavy atom. The third kappa shape index (κ3) is 2.16. The maximum Gasteiger partial charge on any atom is 0.329 e. The molecule has 0 unspecified atom stereocenters. The fourth-order valence-corrected chi connectivity index (χ4v) is 4.26. The second-order valence-corrected chi connectivity index (χ2v) is 7.73. The van der Waals surface area contributed by atoms with Crippen LogP contribution in [0.2, 0.25) is 0 Å². The van der Waals surface area contributed by atoms with E-state index in [4.69, 9.17) is 0 Å². The van der Waals surface area contributed by atoms with Crippen molar-refractivity contribution in [3.63, 3.8) is 0 Å². The van der Waals surface area contributed by atoms with Gasteiger partial charge in [-0.3, -0.25) is 4.99 Å². The zero-order valence-electron chi connectivity index (χ0n) is 10.8. The monoisotopic (exact) mass is 308 g/mol. The first kappa shape index (κ1) is 13.4. The largest absolute Gasteiger partial charge is 0.508 e. The van der Waals surface area contributed by atoms with E-state index < -0.39 is 16.8 Å². The van der Waals surface area contributed by atoms with E-state index in [-0.39, 0.29) is 5.75 Å². The minimum Gasteiger partial charge on any atom is -0.508 e. The molecule has 104 valence electrons. The number of thiazole rings is 1. The molecule has 1 aromatic heterocycles. The average Bonchev–Trinajstić information content (AvgIpc) is 2.88. The quantitative estimate of drug-likeness (QED) is 0.891. The molecule has 2 heterocycles. The first-order valence-corrected chi connectivity index (χ1v) is 7.60. The molecular formula is C13H12N2O3S2. The Labute approximate surface area is 123 Å². The Hall–Kier alpha value is -1.60. The van der Waals surface area contributed by atoms with Crippen LogP contribution in [0.25, 0.3) is 10.2 Å². The number of nitrogens with zero attached hydrogens (tertiary/aromatic N) is 2. The number of aliphatic carboxylic acids is 1. The van der Waals surface area contributed by atoms with Gasteiger partial charge in [0.25, 0.3) is 0 Å². The Balaban J connectivity index is 2.03. The van der Waals surface area contributed by atoms with Crippen molar-refractivity contribution in [3.8, 4) is 5.75 Å². The molecular weight excluding hydrogens is 296 g/mol. The molecule has 1 aliphatic rings. The summed E-state index contributed by atoms with van der Waals surface area (Å²) in [6.07, 6.45) is 0. The van der Waals surface area contributed by atoms with E-state index >= 15 is 0 Å². The van der Waals surface area contributed by atoms with Crippen molar-refractivity contribution in [1.29, 1.82) is 0 Å². The van der Waals surface area contributed by atoms with Gasteiger partial charge in [0, 0.05) is 4.75 Å². The molecule has 20 heavy (non-hydrogen) atoms. The minimum absolute atomic E-state index is 0.192. The lowest BCUT2D eigenvalue weighted by atomic mass is 10.0. The first-order chi connectivity index (χ1) is 9.37. The molecule has 2 aromatic rings. The van der Waals surface area contributed by atoms with E-state index in [1.54, 1.807) is 18.2 Å². The second kappa shape index (κ2) is 4.46. The Morgan fingerprint density at radius 2 is 2.15 bits per heavy atom. The summed E-state index contributed by atoms with van der Waals surface area (Å²) >= 11 is 2.84. The van der Waals surface area contributed by atoms with Crippen LogP contribution in [-0.2, 0) is 4.79 Å². The van der Waals surface area contributed by atoms with E-state index in [9.17, 15) is 15.0 Å². The highest BCUT2D eigenvalue weighted by Gasteiger charge is 2.43. The van der Waals surface area contributed by atoms with Crippen LogP contribution in [0, 0.1) is 0 Å². The lowest BCUT2D eigenvalue weighted by Crippen LogP contribution is -2.34. The van der Waals surface area contributed by atoms with E-state index in [0.717, 1.165) is 10.2 Å². The molecule has 0 saturated carbocycles.